The molecular weight excluding hydrogens is 326 g/mol. The van der Waals surface area contributed by atoms with E-state index >= 15 is 0 Å². The maximum Gasteiger partial charge on any atom is 0.254 e. The number of carbonyl (C=O) groups is 2. The van der Waals surface area contributed by atoms with Gasteiger partial charge in [0, 0.05) is 11.6 Å². The second kappa shape index (κ2) is 8.07. The van der Waals surface area contributed by atoms with Crippen LogP contribution in [0.15, 0.2) is 72.9 Å². The number of pyridine rings is 1. The Balaban J connectivity index is 1.74. The summed E-state index contributed by atoms with van der Waals surface area (Å²) in [6, 6.07) is 18.0. The third kappa shape index (κ3) is 4.13. The summed E-state index contributed by atoms with van der Waals surface area (Å²) in [5.41, 5.74) is 7.48. The van der Waals surface area contributed by atoms with E-state index in [1.54, 1.807) is 18.3 Å². The Hall–Kier alpha value is -3.47. The van der Waals surface area contributed by atoms with Crippen LogP contribution >= 0.6 is 0 Å². The van der Waals surface area contributed by atoms with Gasteiger partial charge >= 0.3 is 0 Å². The minimum absolute atomic E-state index is 0.314. The van der Waals surface area contributed by atoms with E-state index in [9.17, 15) is 9.59 Å². The predicted octanol–water partition coefficient (Wildman–Crippen LogP) is 2.92. The quantitative estimate of drug-likeness (QED) is 0.720. The lowest BCUT2D eigenvalue weighted by atomic mass is 10.1. The zero-order chi connectivity index (χ0) is 18.4. The first-order chi connectivity index (χ1) is 12.6. The molecule has 2 amide bonds. The summed E-state index contributed by atoms with van der Waals surface area (Å²) >= 11 is 0. The highest BCUT2D eigenvalue weighted by Gasteiger charge is 2.19. The Morgan fingerprint density at radius 2 is 1.81 bits per heavy atom. The van der Waals surface area contributed by atoms with Gasteiger partial charge < -0.3 is 11.1 Å². The highest BCUT2D eigenvalue weighted by Crippen LogP contribution is 2.16. The van der Waals surface area contributed by atoms with Crippen molar-refractivity contribution < 1.29 is 9.59 Å². The van der Waals surface area contributed by atoms with Crippen LogP contribution in [-0.4, -0.2) is 22.8 Å². The van der Waals surface area contributed by atoms with Gasteiger partial charge in [-0.2, -0.15) is 0 Å². The third-order valence-electron chi connectivity index (χ3n) is 4.01. The van der Waals surface area contributed by atoms with Crippen LogP contribution in [0.25, 0.3) is 17.0 Å². The average molecular weight is 345 g/mol. The molecule has 0 aliphatic heterocycles. The number of nitrogens with one attached hydrogen (secondary N) is 1. The predicted molar refractivity (Wildman–Crippen MR) is 102 cm³/mol. The molecule has 5 nitrogen and oxygen atoms in total. The molecule has 5 heteroatoms. The van der Waals surface area contributed by atoms with E-state index in [4.69, 9.17) is 5.73 Å². The smallest absolute Gasteiger partial charge is 0.254 e. The molecule has 0 aliphatic carbocycles. The molecule has 0 spiro atoms. The zero-order valence-corrected chi connectivity index (χ0v) is 14.1. The first-order valence-electron chi connectivity index (χ1n) is 8.30. The Kier molecular flexibility index (Phi) is 5.39. The molecule has 2 aromatic carbocycles. The molecule has 0 saturated carbocycles. The van der Waals surface area contributed by atoms with Crippen molar-refractivity contribution in [2.45, 2.75) is 12.5 Å². The van der Waals surface area contributed by atoms with E-state index in [0.29, 0.717) is 17.5 Å². The number of fused-ring (bicyclic) bond motifs is 1. The van der Waals surface area contributed by atoms with Crippen LogP contribution in [0.3, 0.4) is 0 Å². The summed E-state index contributed by atoms with van der Waals surface area (Å²) < 4.78 is 0. The van der Waals surface area contributed by atoms with E-state index in [-0.39, 0.29) is 5.91 Å². The SMILES string of the molecule is NC(=O)[C@H](C/C=C/c1ccccc1)NC(=O)c1cccc2cccnc12. The molecular formula is C21H19N3O2. The number of aromatic nitrogens is 1. The molecule has 0 radical (unpaired) electrons. The molecule has 3 aromatic rings. The van der Waals surface area contributed by atoms with Gasteiger partial charge in [-0.3, -0.25) is 14.6 Å². The summed E-state index contributed by atoms with van der Waals surface area (Å²) in [6.45, 7) is 0. The third-order valence-corrected chi connectivity index (χ3v) is 4.01. The minimum Gasteiger partial charge on any atom is -0.368 e. The van der Waals surface area contributed by atoms with E-state index in [1.807, 2.05) is 60.7 Å². The number of primary amides is 1. The number of nitrogens with two attached hydrogens (primary N) is 1. The monoisotopic (exact) mass is 345 g/mol. The zero-order valence-electron chi connectivity index (χ0n) is 14.1. The normalized spacial score (nSPS) is 12.2. The van der Waals surface area contributed by atoms with Crippen LogP contribution in [-0.2, 0) is 4.79 Å². The second-order valence-electron chi connectivity index (χ2n) is 5.86. The standard InChI is InChI=1S/C21H19N3O2/c22-20(25)18(13-4-9-15-7-2-1-3-8-15)24-21(26)17-12-5-10-16-11-6-14-23-19(16)17/h1-12,14,18H,13H2,(H2,22,25)(H,24,26)/b9-4+/t18-/m0/s1. The first kappa shape index (κ1) is 17.4. The van der Waals surface area contributed by atoms with Crippen LogP contribution in [0.2, 0.25) is 0 Å². The van der Waals surface area contributed by atoms with Crippen molar-refractivity contribution in [3.8, 4) is 0 Å². The van der Waals surface area contributed by atoms with Crippen molar-refractivity contribution in [2.24, 2.45) is 5.73 Å². The van der Waals surface area contributed by atoms with Gasteiger partial charge in [0.05, 0.1) is 11.1 Å². The van der Waals surface area contributed by atoms with Gasteiger partial charge in [-0.25, -0.2) is 0 Å². The molecule has 0 fully saturated rings. The average Bonchev–Trinajstić information content (AvgIpc) is 2.67. The van der Waals surface area contributed by atoms with E-state index < -0.39 is 11.9 Å². The number of hydrogen-bond donors (Lipinski definition) is 2. The summed E-state index contributed by atoms with van der Waals surface area (Å²) in [4.78, 5) is 28.6. The van der Waals surface area contributed by atoms with Crippen molar-refractivity contribution in [3.63, 3.8) is 0 Å². The fourth-order valence-electron chi connectivity index (χ4n) is 2.67. The van der Waals surface area contributed by atoms with Crippen molar-refractivity contribution in [1.29, 1.82) is 0 Å². The number of amides is 2. The van der Waals surface area contributed by atoms with Crippen molar-refractivity contribution in [1.82, 2.24) is 10.3 Å². The number of carbonyl (C=O) groups excluding carboxylic acids is 2. The highest BCUT2D eigenvalue weighted by atomic mass is 16.2. The minimum atomic E-state index is -0.790. The van der Waals surface area contributed by atoms with Gasteiger partial charge in [-0.15, -0.1) is 0 Å². The molecule has 3 rings (SSSR count). The molecule has 130 valence electrons. The van der Waals surface area contributed by atoms with Crippen molar-refractivity contribution in [2.75, 3.05) is 0 Å². The molecule has 26 heavy (non-hydrogen) atoms. The lowest BCUT2D eigenvalue weighted by Crippen LogP contribution is -2.44. The molecule has 1 heterocycles. The van der Waals surface area contributed by atoms with E-state index in [2.05, 4.69) is 10.3 Å². The summed E-state index contributed by atoms with van der Waals surface area (Å²) in [5, 5.41) is 3.57. The molecule has 0 saturated heterocycles. The number of hydrogen-bond acceptors (Lipinski definition) is 3. The number of nitrogens with zero attached hydrogens (tertiary/aromatic N) is 1. The highest BCUT2D eigenvalue weighted by molar-refractivity contribution is 6.06. The van der Waals surface area contributed by atoms with E-state index in [0.717, 1.165) is 10.9 Å². The van der Waals surface area contributed by atoms with E-state index in [1.165, 1.54) is 0 Å². The largest absolute Gasteiger partial charge is 0.368 e. The fraction of sp³-hybridized carbons (Fsp3) is 0.0952. The summed E-state index contributed by atoms with van der Waals surface area (Å²) in [7, 11) is 0. The molecule has 3 N–H and O–H groups in total. The summed E-state index contributed by atoms with van der Waals surface area (Å²) in [6.07, 6.45) is 5.66. The fourth-order valence-corrected chi connectivity index (χ4v) is 2.67. The maximum atomic E-state index is 12.6. The topological polar surface area (TPSA) is 85.1 Å². The number of para-hydroxylation sites is 1. The van der Waals surface area contributed by atoms with Gasteiger partial charge in [0.2, 0.25) is 5.91 Å². The maximum absolute atomic E-state index is 12.6. The Labute approximate surface area is 151 Å². The Morgan fingerprint density at radius 1 is 1.04 bits per heavy atom. The van der Waals surface area contributed by atoms with Gasteiger partial charge in [0.15, 0.2) is 0 Å². The van der Waals surface area contributed by atoms with Gasteiger partial charge in [0.25, 0.3) is 5.91 Å². The van der Waals surface area contributed by atoms with Crippen LogP contribution in [0.1, 0.15) is 22.3 Å². The lowest BCUT2D eigenvalue weighted by molar-refractivity contribution is -0.119. The van der Waals surface area contributed by atoms with Crippen LogP contribution in [0, 0.1) is 0 Å². The molecule has 1 aromatic heterocycles. The van der Waals surface area contributed by atoms with Gasteiger partial charge in [0.1, 0.15) is 6.04 Å². The molecule has 0 unspecified atom stereocenters. The number of rotatable bonds is 6. The molecule has 1 atom stereocenters. The van der Waals surface area contributed by atoms with Gasteiger partial charge in [-0.1, -0.05) is 60.7 Å². The van der Waals surface area contributed by atoms with Crippen molar-refractivity contribution >= 4 is 28.8 Å². The Bertz CT molecular complexity index is 946. The van der Waals surface area contributed by atoms with Crippen molar-refractivity contribution in [3.05, 3.63) is 84.1 Å². The van der Waals surface area contributed by atoms with Crippen LogP contribution in [0.5, 0.6) is 0 Å². The molecule has 0 bridgehead atoms. The van der Waals surface area contributed by atoms with Gasteiger partial charge in [-0.05, 0) is 24.1 Å². The Morgan fingerprint density at radius 3 is 2.58 bits per heavy atom. The van der Waals surface area contributed by atoms with Crippen LogP contribution < -0.4 is 11.1 Å². The lowest BCUT2D eigenvalue weighted by Gasteiger charge is -2.14. The van der Waals surface area contributed by atoms with Crippen LogP contribution in [0.4, 0.5) is 0 Å². The summed E-state index contributed by atoms with van der Waals surface area (Å²) in [5.74, 6) is -0.949. The first-order valence-corrected chi connectivity index (χ1v) is 8.30. The molecule has 0 aliphatic rings. The second-order valence-corrected chi connectivity index (χ2v) is 5.86. The number of benzene rings is 2.